The lowest BCUT2D eigenvalue weighted by molar-refractivity contribution is 0.0686. The van der Waals surface area contributed by atoms with E-state index in [4.69, 9.17) is 5.11 Å². The molecule has 0 saturated carbocycles. The topological polar surface area (TPSA) is 74.6 Å². The molecule has 0 bridgehead atoms. The quantitative estimate of drug-likeness (QED) is 0.825. The van der Waals surface area contributed by atoms with E-state index in [1.807, 2.05) is 0 Å². The summed E-state index contributed by atoms with van der Waals surface area (Å²) in [5.41, 5.74) is 0.864. The van der Waals surface area contributed by atoms with E-state index in [-0.39, 0.29) is 11.1 Å². The summed E-state index contributed by atoms with van der Waals surface area (Å²) in [4.78, 5) is 22.6. The number of aromatic carboxylic acids is 2. The average Bonchev–Trinajstić information content (AvgIpc) is 2.37. The molecule has 96 valence electrons. The van der Waals surface area contributed by atoms with E-state index in [9.17, 15) is 14.7 Å². The number of hydrogen-bond acceptors (Lipinski definition) is 2. The zero-order valence-electron chi connectivity index (χ0n) is 10.1. The number of carboxylic acid groups (broad SMARTS) is 2. The van der Waals surface area contributed by atoms with Gasteiger partial charge in [-0.15, -0.1) is 6.58 Å². The Morgan fingerprint density at radius 1 is 1.05 bits per heavy atom. The van der Waals surface area contributed by atoms with Gasteiger partial charge in [0.05, 0.1) is 11.1 Å². The van der Waals surface area contributed by atoms with Gasteiger partial charge in [-0.1, -0.05) is 30.3 Å². The van der Waals surface area contributed by atoms with Crippen LogP contribution in [0.5, 0.6) is 0 Å². The van der Waals surface area contributed by atoms with Crippen LogP contribution >= 0.6 is 0 Å². The third kappa shape index (κ3) is 2.20. The minimum absolute atomic E-state index is 0.102. The summed E-state index contributed by atoms with van der Waals surface area (Å²) < 4.78 is 0. The van der Waals surface area contributed by atoms with Gasteiger partial charge in [0.2, 0.25) is 0 Å². The van der Waals surface area contributed by atoms with E-state index >= 15 is 0 Å². The van der Waals surface area contributed by atoms with E-state index in [2.05, 4.69) is 6.58 Å². The lowest BCUT2D eigenvalue weighted by Crippen LogP contribution is -2.05. The highest BCUT2D eigenvalue weighted by Gasteiger charge is 2.17. The Kier molecular flexibility index (Phi) is 3.33. The lowest BCUT2D eigenvalue weighted by Gasteiger charge is -2.10. The van der Waals surface area contributed by atoms with E-state index < -0.39 is 11.9 Å². The van der Waals surface area contributed by atoms with Crippen molar-refractivity contribution in [2.75, 3.05) is 0 Å². The van der Waals surface area contributed by atoms with Gasteiger partial charge in [0.15, 0.2) is 0 Å². The second-order valence-electron chi connectivity index (χ2n) is 4.10. The molecular formula is C15H12O4. The number of carbonyl (C=O) groups is 2. The second kappa shape index (κ2) is 4.94. The van der Waals surface area contributed by atoms with E-state index in [1.54, 1.807) is 30.3 Å². The summed E-state index contributed by atoms with van der Waals surface area (Å²) in [6.45, 7) is 3.60. The van der Waals surface area contributed by atoms with E-state index in [0.717, 1.165) is 0 Å². The molecule has 0 aromatic heterocycles. The summed E-state index contributed by atoms with van der Waals surface area (Å²) >= 11 is 0. The van der Waals surface area contributed by atoms with Crippen LogP contribution in [0.1, 0.15) is 26.3 Å². The fourth-order valence-corrected chi connectivity index (χ4v) is 2.17. The Hall–Kier alpha value is -2.62. The zero-order valence-corrected chi connectivity index (χ0v) is 10.1. The highest BCUT2D eigenvalue weighted by atomic mass is 16.4. The summed E-state index contributed by atoms with van der Waals surface area (Å²) in [6, 6.07) is 7.92. The second-order valence-corrected chi connectivity index (χ2v) is 4.10. The third-order valence-corrected chi connectivity index (χ3v) is 2.96. The summed E-state index contributed by atoms with van der Waals surface area (Å²) in [7, 11) is 0. The molecule has 2 aromatic rings. The first kappa shape index (κ1) is 12.8. The van der Waals surface area contributed by atoms with Crippen molar-refractivity contribution in [1.82, 2.24) is 0 Å². The number of allylic oxidation sites excluding steroid dienone is 1. The van der Waals surface area contributed by atoms with Crippen molar-refractivity contribution in [1.29, 1.82) is 0 Å². The van der Waals surface area contributed by atoms with Gasteiger partial charge in [-0.3, -0.25) is 0 Å². The van der Waals surface area contributed by atoms with Gasteiger partial charge in [0.25, 0.3) is 0 Å². The lowest BCUT2D eigenvalue weighted by atomic mass is 9.94. The maximum Gasteiger partial charge on any atom is 0.336 e. The molecule has 2 N–H and O–H groups in total. The largest absolute Gasteiger partial charge is 0.478 e. The first-order valence-electron chi connectivity index (χ1n) is 5.68. The standard InChI is InChI=1S/C15H12O4/c1-2-4-9-7-8-10-11(13(9)15(18)19)5-3-6-12(10)14(16)17/h2-3,5-8H,1,4H2,(H,16,17)(H,18,19). The molecule has 4 nitrogen and oxygen atoms in total. The monoisotopic (exact) mass is 256 g/mol. The highest BCUT2D eigenvalue weighted by molar-refractivity contribution is 6.11. The van der Waals surface area contributed by atoms with Crippen LogP contribution in [0.4, 0.5) is 0 Å². The van der Waals surface area contributed by atoms with Crippen molar-refractivity contribution in [3.05, 3.63) is 59.7 Å². The number of carboxylic acids is 2. The molecule has 0 amide bonds. The fraction of sp³-hybridized carbons (Fsp3) is 0.0667. The van der Waals surface area contributed by atoms with Crippen molar-refractivity contribution < 1.29 is 19.8 Å². The number of fused-ring (bicyclic) bond motifs is 1. The van der Waals surface area contributed by atoms with Crippen LogP contribution in [0.25, 0.3) is 10.8 Å². The maximum atomic E-state index is 11.4. The molecule has 0 fully saturated rings. The smallest absolute Gasteiger partial charge is 0.336 e. The predicted molar refractivity (Wildman–Crippen MR) is 71.8 cm³/mol. The molecule has 2 aromatic carbocycles. The molecule has 0 unspecified atom stereocenters. The normalized spacial score (nSPS) is 10.3. The Labute approximate surface area is 109 Å². The number of rotatable bonds is 4. The van der Waals surface area contributed by atoms with Crippen molar-refractivity contribution >= 4 is 22.7 Å². The van der Waals surface area contributed by atoms with Crippen LogP contribution in [0.2, 0.25) is 0 Å². The van der Waals surface area contributed by atoms with Crippen LogP contribution < -0.4 is 0 Å². The predicted octanol–water partition coefficient (Wildman–Crippen LogP) is 2.96. The van der Waals surface area contributed by atoms with Gasteiger partial charge >= 0.3 is 11.9 Å². The Morgan fingerprint density at radius 2 is 1.79 bits per heavy atom. The first-order chi connectivity index (χ1) is 9.06. The van der Waals surface area contributed by atoms with Gasteiger partial charge in [0.1, 0.15) is 0 Å². The van der Waals surface area contributed by atoms with E-state index in [1.165, 1.54) is 6.07 Å². The summed E-state index contributed by atoms with van der Waals surface area (Å²) in [5, 5.41) is 19.3. The molecule has 0 aliphatic rings. The van der Waals surface area contributed by atoms with Gasteiger partial charge in [-0.05, 0) is 28.8 Å². The Balaban J connectivity index is 2.86. The van der Waals surface area contributed by atoms with Crippen molar-refractivity contribution in [2.24, 2.45) is 0 Å². The van der Waals surface area contributed by atoms with Crippen molar-refractivity contribution in [2.45, 2.75) is 6.42 Å². The van der Waals surface area contributed by atoms with E-state index in [0.29, 0.717) is 22.8 Å². The minimum atomic E-state index is -1.07. The molecule has 0 heterocycles. The SMILES string of the molecule is C=CCc1ccc2c(C(=O)O)cccc2c1C(=O)O. The molecular weight excluding hydrogens is 244 g/mol. The molecule has 19 heavy (non-hydrogen) atoms. The number of benzene rings is 2. The third-order valence-electron chi connectivity index (χ3n) is 2.96. The fourth-order valence-electron chi connectivity index (χ4n) is 2.17. The average molecular weight is 256 g/mol. The Morgan fingerprint density at radius 3 is 2.37 bits per heavy atom. The molecule has 4 heteroatoms. The van der Waals surface area contributed by atoms with Crippen LogP contribution in [0.15, 0.2) is 43.0 Å². The molecule has 0 saturated heterocycles. The van der Waals surface area contributed by atoms with Gasteiger partial charge in [0, 0.05) is 0 Å². The summed E-state index contributed by atoms with van der Waals surface area (Å²) in [6.07, 6.45) is 2.05. The molecule has 0 radical (unpaired) electrons. The van der Waals surface area contributed by atoms with Gasteiger partial charge in [-0.2, -0.15) is 0 Å². The zero-order chi connectivity index (χ0) is 14.0. The van der Waals surface area contributed by atoms with Crippen molar-refractivity contribution in [3.8, 4) is 0 Å². The minimum Gasteiger partial charge on any atom is -0.478 e. The van der Waals surface area contributed by atoms with Gasteiger partial charge in [-0.25, -0.2) is 9.59 Å². The van der Waals surface area contributed by atoms with Gasteiger partial charge < -0.3 is 10.2 Å². The maximum absolute atomic E-state index is 11.4. The van der Waals surface area contributed by atoms with Crippen LogP contribution in [-0.2, 0) is 6.42 Å². The number of hydrogen-bond donors (Lipinski definition) is 2. The van der Waals surface area contributed by atoms with Crippen LogP contribution in [0.3, 0.4) is 0 Å². The van der Waals surface area contributed by atoms with Crippen LogP contribution in [0, 0.1) is 0 Å². The molecule has 0 aliphatic carbocycles. The highest BCUT2D eigenvalue weighted by Crippen LogP contribution is 2.26. The van der Waals surface area contributed by atoms with Crippen LogP contribution in [-0.4, -0.2) is 22.2 Å². The molecule has 0 spiro atoms. The molecule has 0 aliphatic heterocycles. The first-order valence-corrected chi connectivity index (χ1v) is 5.68. The van der Waals surface area contributed by atoms with Crippen molar-refractivity contribution in [3.63, 3.8) is 0 Å². The molecule has 2 rings (SSSR count). The molecule has 0 atom stereocenters. The summed E-state index contributed by atoms with van der Waals surface area (Å²) in [5.74, 6) is -2.14. The Bertz CT molecular complexity index is 686.